The van der Waals surface area contributed by atoms with Crippen LogP contribution in [0.5, 0.6) is 0 Å². The Morgan fingerprint density at radius 3 is 2.14 bits per heavy atom. The predicted molar refractivity (Wildman–Crippen MR) is 115 cm³/mol. The lowest BCUT2D eigenvalue weighted by Gasteiger charge is -2.40. The van der Waals surface area contributed by atoms with Crippen molar-refractivity contribution in [1.82, 2.24) is 14.9 Å². The normalized spacial score (nSPS) is 25.6. The highest BCUT2D eigenvalue weighted by atomic mass is 15.2. The van der Waals surface area contributed by atoms with E-state index >= 15 is 0 Å². The molecule has 0 radical (unpaired) electrons. The number of anilines is 1. The van der Waals surface area contributed by atoms with Gasteiger partial charge in [-0.1, -0.05) is 48.5 Å². The van der Waals surface area contributed by atoms with E-state index in [1.54, 1.807) is 34.6 Å². The Balaban J connectivity index is 1.22. The molecule has 4 heteroatoms. The lowest BCUT2D eigenvalue weighted by Crippen LogP contribution is -2.46. The highest BCUT2D eigenvalue weighted by Crippen LogP contribution is 2.60. The van der Waals surface area contributed by atoms with Crippen LogP contribution in [0.4, 0.5) is 5.95 Å². The van der Waals surface area contributed by atoms with Crippen molar-refractivity contribution in [3.63, 3.8) is 0 Å². The van der Waals surface area contributed by atoms with Crippen LogP contribution in [0, 0.1) is 0 Å². The van der Waals surface area contributed by atoms with E-state index in [-0.39, 0.29) is 5.41 Å². The Hall–Kier alpha value is -2.72. The molecule has 0 spiro atoms. The number of likely N-dealkylation sites (tertiary alicyclic amines) is 1. The van der Waals surface area contributed by atoms with E-state index in [0.29, 0.717) is 12.0 Å². The molecule has 0 saturated carbocycles. The molecule has 0 amide bonds. The summed E-state index contributed by atoms with van der Waals surface area (Å²) in [5.74, 6) is 1.33. The molecule has 146 valence electrons. The third-order valence-electron chi connectivity index (χ3n) is 7.24. The van der Waals surface area contributed by atoms with Crippen LogP contribution in [-0.2, 0) is 5.41 Å². The first-order valence-electron chi connectivity index (χ1n) is 10.8. The number of rotatable bonds is 4. The Morgan fingerprint density at radius 2 is 1.48 bits per heavy atom. The van der Waals surface area contributed by atoms with E-state index in [0.717, 1.165) is 38.4 Å². The highest BCUT2D eigenvalue weighted by Gasteiger charge is 2.53. The Labute approximate surface area is 172 Å². The molecule has 1 fully saturated rings. The summed E-state index contributed by atoms with van der Waals surface area (Å²) < 4.78 is 0. The SMILES string of the molecule is c1cnc(NC2CCN(CC34CC(c5ccccc53)c3ccccc34)CC2)nc1. The van der Waals surface area contributed by atoms with Crippen molar-refractivity contribution in [2.75, 3.05) is 25.0 Å². The molecule has 2 aromatic carbocycles. The van der Waals surface area contributed by atoms with Gasteiger partial charge in [0.1, 0.15) is 0 Å². The minimum absolute atomic E-state index is 0.167. The maximum Gasteiger partial charge on any atom is 0.222 e. The molecule has 3 aliphatic rings. The molecule has 1 saturated heterocycles. The summed E-state index contributed by atoms with van der Waals surface area (Å²) in [5.41, 5.74) is 6.43. The average molecular weight is 383 g/mol. The quantitative estimate of drug-likeness (QED) is 0.735. The molecule has 1 N–H and O–H groups in total. The summed E-state index contributed by atoms with van der Waals surface area (Å²) in [7, 11) is 0. The molecule has 6 rings (SSSR count). The van der Waals surface area contributed by atoms with Crippen molar-refractivity contribution in [3.8, 4) is 0 Å². The molecule has 1 aromatic heterocycles. The Kier molecular flexibility index (Phi) is 3.95. The van der Waals surface area contributed by atoms with Gasteiger partial charge in [-0.3, -0.25) is 0 Å². The zero-order valence-corrected chi connectivity index (χ0v) is 16.6. The summed E-state index contributed by atoms with van der Waals surface area (Å²) in [6, 6.07) is 20.7. The minimum atomic E-state index is 0.167. The largest absolute Gasteiger partial charge is 0.351 e. The smallest absolute Gasteiger partial charge is 0.222 e. The van der Waals surface area contributed by atoms with E-state index in [2.05, 4.69) is 68.7 Å². The zero-order chi connectivity index (χ0) is 19.3. The second-order valence-corrected chi connectivity index (χ2v) is 8.78. The summed E-state index contributed by atoms with van der Waals surface area (Å²) in [6.45, 7) is 3.38. The molecule has 2 heterocycles. The van der Waals surface area contributed by atoms with Crippen LogP contribution in [0.3, 0.4) is 0 Å². The molecule has 0 unspecified atom stereocenters. The molecule has 4 nitrogen and oxygen atoms in total. The number of benzene rings is 2. The van der Waals surface area contributed by atoms with Crippen LogP contribution in [0.25, 0.3) is 0 Å². The lowest BCUT2D eigenvalue weighted by atomic mass is 9.74. The Morgan fingerprint density at radius 1 is 0.862 bits per heavy atom. The standard InChI is InChI=1S/C25H26N4/c1-3-8-22-19(6-1)21-16-25(22,23-9-4-2-7-20(21)23)17-29-14-10-18(11-15-29)28-24-26-12-5-13-27-24/h1-9,12-13,18,21H,10-11,14-17H2,(H,26,27,28). The van der Waals surface area contributed by atoms with Gasteiger partial charge in [0.2, 0.25) is 5.95 Å². The molecular weight excluding hydrogens is 356 g/mol. The van der Waals surface area contributed by atoms with Gasteiger partial charge in [0.05, 0.1) is 0 Å². The van der Waals surface area contributed by atoms with Gasteiger partial charge in [-0.15, -0.1) is 0 Å². The molecule has 1 aliphatic heterocycles. The molecule has 3 aromatic rings. The molecule has 29 heavy (non-hydrogen) atoms. The lowest BCUT2D eigenvalue weighted by molar-refractivity contribution is 0.186. The summed E-state index contributed by atoms with van der Waals surface area (Å²) in [4.78, 5) is 11.3. The predicted octanol–water partition coefficient (Wildman–Crippen LogP) is 4.19. The van der Waals surface area contributed by atoms with Crippen LogP contribution < -0.4 is 5.32 Å². The number of nitrogens with one attached hydrogen (secondary N) is 1. The summed E-state index contributed by atoms with van der Waals surface area (Å²) in [6.07, 6.45) is 7.12. The second-order valence-electron chi connectivity index (χ2n) is 8.78. The topological polar surface area (TPSA) is 41.1 Å². The minimum Gasteiger partial charge on any atom is -0.351 e. The van der Waals surface area contributed by atoms with Gasteiger partial charge in [0.15, 0.2) is 0 Å². The van der Waals surface area contributed by atoms with Crippen LogP contribution >= 0.6 is 0 Å². The first kappa shape index (κ1) is 17.2. The fraction of sp³-hybridized carbons (Fsp3) is 0.360. The fourth-order valence-electron chi connectivity index (χ4n) is 5.98. The summed E-state index contributed by atoms with van der Waals surface area (Å²) >= 11 is 0. The highest BCUT2D eigenvalue weighted by molar-refractivity contribution is 5.62. The van der Waals surface area contributed by atoms with Crippen molar-refractivity contribution in [2.24, 2.45) is 0 Å². The van der Waals surface area contributed by atoms with Crippen molar-refractivity contribution in [2.45, 2.75) is 36.6 Å². The number of fused-ring (bicyclic) bond motifs is 8. The van der Waals surface area contributed by atoms with E-state index in [9.17, 15) is 0 Å². The molecular formula is C25H26N4. The molecule has 0 atom stereocenters. The van der Waals surface area contributed by atoms with Crippen molar-refractivity contribution < 1.29 is 0 Å². The van der Waals surface area contributed by atoms with Crippen LogP contribution in [-0.4, -0.2) is 40.5 Å². The number of hydrogen-bond donors (Lipinski definition) is 1. The maximum absolute atomic E-state index is 4.32. The van der Waals surface area contributed by atoms with Crippen molar-refractivity contribution in [1.29, 1.82) is 0 Å². The summed E-state index contributed by atoms with van der Waals surface area (Å²) in [5, 5.41) is 3.51. The monoisotopic (exact) mass is 382 g/mol. The van der Waals surface area contributed by atoms with Gasteiger partial charge < -0.3 is 10.2 Å². The molecule has 2 aliphatic carbocycles. The first-order chi connectivity index (χ1) is 14.3. The van der Waals surface area contributed by atoms with E-state index in [4.69, 9.17) is 0 Å². The Bertz CT molecular complexity index is 976. The van der Waals surface area contributed by atoms with E-state index < -0.39 is 0 Å². The molecule has 2 bridgehead atoms. The van der Waals surface area contributed by atoms with E-state index in [1.807, 2.05) is 6.07 Å². The van der Waals surface area contributed by atoms with Crippen molar-refractivity contribution in [3.05, 3.63) is 89.2 Å². The van der Waals surface area contributed by atoms with Gasteiger partial charge in [0.25, 0.3) is 0 Å². The van der Waals surface area contributed by atoms with Gasteiger partial charge in [0, 0.05) is 49.4 Å². The van der Waals surface area contributed by atoms with Crippen LogP contribution in [0.15, 0.2) is 67.0 Å². The third kappa shape index (κ3) is 2.70. The van der Waals surface area contributed by atoms with Gasteiger partial charge >= 0.3 is 0 Å². The maximum atomic E-state index is 4.32. The number of nitrogens with zero attached hydrogens (tertiary/aromatic N) is 3. The third-order valence-corrected chi connectivity index (χ3v) is 7.24. The number of piperidine rings is 1. The van der Waals surface area contributed by atoms with Crippen LogP contribution in [0.1, 0.15) is 47.4 Å². The number of hydrogen-bond acceptors (Lipinski definition) is 4. The van der Waals surface area contributed by atoms with Crippen LogP contribution in [0.2, 0.25) is 0 Å². The first-order valence-corrected chi connectivity index (χ1v) is 10.8. The van der Waals surface area contributed by atoms with Gasteiger partial charge in [-0.25, -0.2) is 9.97 Å². The number of aromatic nitrogens is 2. The fourth-order valence-corrected chi connectivity index (χ4v) is 5.98. The van der Waals surface area contributed by atoms with Crippen molar-refractivity contribution >= 4 is 5.95 Å². The zero-order valence-electron chi connectivity index (χ0n) is 16.6. The van der Waals surface area contributed by atoms with E-state index in [1.165, 1.54) is 6.42 Å². The second kappa shape index (κ2) is 6.67. The average Bonchev–Trinajstić information content (AvgIpc) is 3.28. The van der Waals surface area contributed by atoms with Gasteiger partial charge in [-0.2, -0.15) is 0 Å². The van der Waals surface area contributed by atoms with Gasteiger partial charge in [-0.05, 0) is 47.6 Å².